The fraction of sp³-hybridized carbons (Fsp3) is 0.346. The maximum Gasteiger partial charge on any atom is 0.243 e. The highest BCUT2D eigenvalue weighted by Crippen LogP contribution is 2.24. The largest absolute Gasteiger partial charge is 0.342 e. The van der Waals surface area contributed by atoms with Gasteiger partial charge in [0.05, 0.1) is 11.4 Å². The highest BCUT2D eigenvalue weighted by atomic mass is 32.2. The van der Waals surface area contributed by atoms with Crippen LogP contribution in [0.1, 0.15) is 25.3 Å². The van der Waals surface area contributed by atoms with E-state index in [4.69, 9.17) is 0 Å². The third-order valence-corrected chi connectivity index (χ3v) is 8.27. The van der Waals surface area contributed by atoms with Crippen LogP contribution < -0.4 is 0 Å². The average Bonchev–Trinajstić information content (AvgIpc) is 2.83. The molecule has 5 nitrogen and oxygen atoms in total. The summed E-state index contributed by atoms with van der Waals surface area (Å²) >= 11 is 0. The topological polar surface area (TPSA) is 57.7 Å². The predicted molar refractivity (Wildman–Crippen MR) is 128 cm³/mol. The molecule has 0 unspecified atom stereocenters. The lowest BCUT2D eigenvalue weighted by atomic mass is 9.90. The lowest BCUT2D eigenvalue weighted by molar-refractivity contribution is -0.132. The Hall–Kier alpha value is -2.70. The second-order valence-corrected chi connectivity index (χ2v) is 10.4. The zero-order valence-corrected chi connectivity index (χ0v) is 19.3. The van der Waals surface area contributed by atoms with E-state index < -0.39 is 10.0 Å². The Morgan fingerprint density at radius 2 is 1.59 bits per heavy atom. The van der Waals surface area contributed by atoms with Gasteiger partial charge >= 0.3 is 0 Å². The minimum absolute atomic E-state index is 0.116. The Morgan fingerprint density at radius 1 is 0.938 bits per heavy atom. The molecular formula is C26H30N2O3S. The van der Waals surface area contributed by atoms with Gasteiger partial charge < -0.3 is 4.90 Å². The molecule has 1 saturated heterocycles. The number of benzene rings is 3. The average molecular weight is 451 g/mol. The van der Waals surface area contributed by atoms with Crippen LogP contribution in [0.5, 0.6) is 0 Å². The van der Waals surface area contributed by atoms with Crippen molar-refractivity contribution in [3.8, 4) is 0 Å². The molecule has 0 aliphatic carbocycles. The van der Waals surface area contributed by atoms with Crippen molar-refractivity contribution in [1.82, 2.24) is 9.21 Å². The van der Waals surface area contributed by atoms with Crippen LogP contribution in [0.3, 0.4) is 0 Å². The molecule has 168 valence electrons. The SMILES string of the molecule is CCN(CC(=O)N1CCC(Cc2ccccc2)CC1)S(=O)(=O)c1ccc2ccccc2c1. The van der Waals surface area contributed by atoms with Gasteiger partial charge in [0.15, 0.2) is 0 Å². The van der Waals surface area contributed by atoms with E-state index in [1.165, 1.54) is 9.87 Å². The van der Waals surface area contributed by atoms with Crippen molar-refractivity contribution < 1.29 is 13.2 Å². The number of carbonyl (C=O) groups is 1. The summed E-state index contributed by atoms with van der Waals surface area (Å²) in [6.45, 7) is 3.28. The number of likely N-dealkylation sites (N-methyl/N-ethyl adjacent to an activating group) is 1. The van der Waals surface area contributed by atoms with Crippen molar-refractivity contribution in [2.24, 2.45) is 5.92 Å². The Kier molecular flexibility index (Phi) is 6.92. The normalized spacial score (nSPS) is 15.4. The molecule has 3 aromatic rings. The summed E-state index contributed by atoms with van der Waals surface area (Å²) < 4.78 is 27.8. The molecule has 0 N–H and O–H groups in total. The molecule has 0 aromatic heterocycles. The number of carbonyl (C=O) groups excluding carboxylic acids is 1. The fourth-order valence-corrected chi connectivity index (χ4v) is 5.86. The smallest absolute Gasteiger partial charge is 0.243 e. The second-order valence-electron chi connectivity index (χ2n) is 8.45. The molecule has 4 rings (SSSR count). The van der Waals surface area contributed by atoms with Crippen LogP contribution in [0.25, 0.3) is 10.8 Å². The first kappa shape index (κ1) is 22.5. The second kappa shape index (κ2) is 9.84. The number of hydrogen-bond donors (Lipinski definition) is 0. The fourth-order valence-electron chi connectivity index (χ4n) is 4.43. The molecule has 0 saturated carbocycles. The molecule has 32 heavy (non-hydrogen) atoms. The Balaban J connectivity index is 1.39. The monoisotopic (exact) mass is 450 g/mol. The summed E-state index contributed by atoms with van der Waals surface area (Å²) in [5, 5.41) is 1.86. The van der Waals surface area contributed by atoms with E-state index in [-0.39, 0.29) is 23.9 Å². The molecule has 0 bridgehead atoms. The maximum absolute atomic E-state index is 13.2. The highest BCUT2D eigenvalue weighted by molar-refractivity contribution is 7.89. The summed E-state index contributed by atoms with van der Waals surface area (Å²) in [6.07, 6.45) is 2.93. The number of rotatable bonds is 7. The van der Waals surface area contributed by atoms with Crippen LogP contribution in [0.15, 0.2) is 77.7 Å². The molecule has 3 aromatic carbocycles. The molecule has 1 aliphatic rings. The van der Waals surface area contributed by atoms with E-state index >= 15 is 0 Å². The summed E-state index contributed by atoms with van der Waals surface area (Å²) in [5.41, 5.74) is 1.33. The van der Waals surface area contributed by atoms with Crippen molar-refractivity contribution >= 4 is 26.7 Å². The van der Waals surface area contributed by atoms with Gasteiger partial charge in [0.1, 0.15) is 0 Å². The van der Waals surface area contributed by atoms with Crippen LogP contribution in [-0.4, -0.2) is 49.7 Å². The number of nitrogens with zero attached hydrogens (tertiary/aromatic N) is 2. The van der Waals surface area contributed by atoms with E-state index in [2.05, 4.69) is 24.3 Å². The summed E-state index contributed by atoms with van der Waals surface area (Å²) in [6, 6.07) is 23.2. The summed E-state index contributed by atoms with van der Waals surface area (Å²) in [7, 11) is -3.74. The zero-order chi connectivity index (χ0) is 22.6. The van der Waals surface area contributed by atoms with Crippen LogP contribution in [0.2, 0.25) is 0 Å². The number of fused-ring (bicyclic) bond motifs is 1. The van der Waals surface area contributed by atoms with Gasteiger partial charge in [-0.3, -0.25) is 4.79 Å². The van der Waals surface area contributed by atoms with Gasteiger partial charge in [-0.25, -0.2) is 8.42 Å². The number of piperidine rings is 1. The molecule has 1 aliphatic heterocycles. The van der Waals surface area contributed by atoms with Crippen molar-refractivity contribution in [1.29, 1.82) is 0 Å². The highest BCUT2D eigenvalue weighted by Gasteiger charge is 2.29. The lowest BCUT2D eigenvalue weighted by Crippen LogP contribution is -2.45. The standard InChI is InChI=1S/C26H30N2O3S/c1-2-28(32(30,31)25-13-12-23-10-6-7-11-24(23)19-25)20-26(29)27-16-14-22(15-17-27)18-21-8-4-3-5-9-21/h3-13,19,22H,2,14-18,20H2,1H3. The van der Waals surface area contributed by atoms with Crippen molar-refractivity contribution in [3.05, 3.63) is 78.4 Å². The molecule has 0 atom stereocenters. The first-order chi connectivity index (χ1) is 15.5. The van der Waals surface area contributed by atoms with Gasteiger partial charge in [0.2, 0.25) is 15.9 Å². The van der Waals surface area contributed by atoms with Gasteiger partial charge in [-0.05, 0) is 53.6 Å². The van der Waals surface area contributed by atoms with Crippen molar-refractivity contribution in [3.63, 3.8) is 0 Å². The van der Waals surface area contributed by atoms with Crippen molar-refractivity contribution in [2.75, 3.05) is 26.2 Å². The molecule has 0 radical (unpaired) electrons. The van der Waals surface area contributed by atoms with E-state index in [0.29, 0.717) is 19.0 Å². The zero-order valence-electron chi connectivity index (χ0n) is 18.5. The number of sulfonamides is 1. The minimum Gasteiger partial charge on any atom is -0.342 e. The summed E-state index contributed by atoms with van der Waals surface area (Å²) in [5.74, 6) is 0.444. The van der Waals surface area contributed by atoms with Gasteiger partial charge in [-0.1, -0.05) is 67.6 Å². The van der Waals surface area contributed by atoms with Gasteiger partial charge in [-0.2, -0.15) is 4.31 Å². The van der Waals surface area contributed by atoms with Gasteiger partial charge in [0.25, 0.3) is 0 Å². The molecular weight excluding hydrogens is 420 g/mol. The molecule has 1 amide bonds. The number of likely N-dealkylation sites (tertiary alicyclic amines) is 1. The third-order valence-electron chi connectivity index (χ3n) is 6.36. The molecule has 0 spiro atoms. The van der Waals surface area contributed by atoms with E-state index in [0.717, 1.165) is 30.0 Å². The van der Waals surface area contributed by atoms with Crippen molar-refractivity contribution in [2.45, 2.75) is 31.1 Å². The van der Waals surface area contributed by atoms with Gasteiger partial charge in [0, 0.05) is 19.6 Å². The third kappa shape index (κ3) is 5.03. The quantitative estimate of drug-likeness (QED) is 0.538. The van der Waals surface area contributed by atoms with E-state index in [1.54, 1.807) is 19.1 Å². The van der Waals surface area contributed by atoms with E-state index in [1.807, 2.05) is 41.3 Å². The van der Waals surface area contributed by atoms with Gasteiger partial charge in [-0.15, -0.1) is 0 Å². The molecule has 1 fully saturated rings. The Morgan fingerprint density at radius 3 is 2.28 bits per heavy atom. The van der Waals surface area contributed by atoms with E-state index in [9.17, 15) is 13.2 Å². The number of hydrogen-bond acceptors (Lipinski definition) is 3. The summed E-state index contributed by atoms with van der Waals surface area (Å²) in [4.78, 5) is 15.0. The first-order valence-corrected chi connectivity index (χ1v) is 12.7. The predicted octanol–water partition coefficient (Wildman–Crippen LogP) is 4.33. The van der Waals surface area contributed by atoms with Crippen LogP contribution in [0.4, 0.5) is 0 Å². The van der Waals surface area contributed by atoms with Crippen LogP contribution in [0, 0.1) is 5.92 Å². The number of amides is 1. The van der Waals surface area contributed by atoms with Crippen LogP contribution in [-0.2, 0) is 21.2 Å². The minimum atomic E-state index is -3.74. The molecule has 6 heteroatoms. The Bertz CT molecular complexity index is 1170. The lowest BCUT2D eigenvalue weighted by Gasteiger charge is -2.33. The molecule has 1 heterocycles. The van der Waals surface area contributed by atoms with Crippen LogP contribution >= 0.6 is 0 Å². The first-order valence-electron chi connectivity index (χ1n) is 11.3. The Labute approximate surface area is 190 Å². The maximum atomic E-state index is 13.2.